The molecular weight excluding hydrogens is 288 g/mol. The molecule has 0 aliphatic carbocycles. The van der Waals surface area contributed by atoms with Crippen LogP contribution in [0.4, 0.5) is 11.4 Å². The third kappa shape index (κ3) is 5.66. The van der Waals surface area contributed by atoms with Gasteiger partial charge >= 0.3 is 0 Å². The average Bonchev–Trinajstić information content (AvgIpc) is 2.60. The van der Waals surface area contributed by atoms with Gasteiger partial charge in [0, 0.05) is 24.3 Å². The van der Waals surface area contributed by atoms with Crippen molar-refractivity contribution in [3.05, 3.63) is 54.1 Å². The number of methoxy groups -OCH3 is 1. The standard InChI is InChI=1S/C19H24N2O2/c1-3-4-5-19(22)21-17-10-8-16(9-11-17)20-14-15-6-12-18(23-2)13-7-15/h6-13,20H,3-5,14H2,1-2H3,(H,21,22). The Bertz CT molecular complexity index is 606. The number of ether oxygens (including phenoxy) is 1. The Morgan fingerprint density at radius 1 is 1.00 bits per heavy atom. The van der Waals surface area contributed by atoms with E-state index in [-0.39, 0.29) is 5.91 Å². The van der Waals surface area contributed by atoms with Crippen LogP contribution in [-0.4, -0.2) is 13.0 Å². The van der Waals surface area contributed by atoms with E-state index >= 15 is 0 Å². The third-order valence-electron chi connectivity index (χ3n) is 3.58. The first-order valence-corrected chi connectivity index (χ1v) is 7.98. The van der Waals surface area contributed by atoms with Crippen LogP contribution in [0, 0.1) is 0 Å². The van der Waals surface area contributed by atoms with E-state index in [2.05, 4.69) is 17.6 Å². The van der Waals surface area contributed by atoms with Gasteiger partial charge in [0.2, 0.25) is 5.91 Å². The van der Waals surface area contributed by atoms with Crippen molar-refractivity contribution in [1.82, 2.24) is 0 Å². The summed E-state index contributed by atoms with van der Waals surface area (Å²) in [5.41, 5.74) is 3.04. The van der Waals surface area contributed by atoms with Crippen molar-refractivity contribution in [2.75, 3.05) is 17.7 Å². The van der Waals surface area contributed by atoms with Gasteiger partial charge in [-0.25, -0.2) is 0 Å². The highest BCUT2D eigenvalue weighted by atomic mass is 16.5. The number of benzene rings is 2. The Balaban J connectivity index is 1.83. The van der Waals surface area contributed by atoms with Crippen molar-refractivity contribution in [3.63, 3.8) is 0 Å². The maximum absolute atomic E-state index is 11.7. The van der Waals surface area contributed by atoms with Crippen molar-refractivity contribution in [2.24, 2.45) is 0 Å². The maximum Gasteiger partial charge on any atom is 0.224 e. The zero-order valence-corrected chi connectivity index (χ0v) is 13.8. The van der Waals surface area contributed by atoms with Crippen LogP contribution in [0.3, 0.4) is 0 Å². The van der Waals surface area contributed by atoms with Crippen molar-refractivity contribution in [3.8, 4) is 5.75 Å². The van der Waals surface area contributed by atoms with Crippen LogP contribution >= 0.6 is 0 Å². The molecule has 2 aromatic rings. The van der Waals surface area contributed by atoms with E-state index in [9.17, 15) is 4.79 Å². The Morgan fingerprint density at radius 3 is 2.26 bits per heavy atom. The summed E-state index contributed by atoms with van der Waals surface area (Å²) in [6.45, 7) is 2.82. The SMILES string of the molecule is CCCCC(=O)Nc1ccc(NCc2ccc(OC)cc2)cc1. The normalized spacial score (nSPS) is 10.2. The van der Waals surface area contributed by atoms with E-state index in [0.717, 1.165) is 36.5 Å². The Morgan fingerprint density at radius 2 is 1.65 bits per heavy atom. The number of unbranched alkanes of at least 4 members (excludes halogenated alkanes) is 1. The van der Waals surface area contributed by atoms with Gasteiger partial charge in [0.15, 0.2) is 0 Å². The number of hydrogen-bond donors (Lipinski definition) is 2. The maximum atomic E-state index is 11.7. The average molecular weight is 312 g/mol. The summed E-state index contributed by atoms with van der Waals surface area (Å²) in [6, 6.07) is 15.7. The molecule has 0 saturated heterocycles. The second kappa shape index (κ2) is 8.83. The first-order valence-electron chi connectivity index (χ1n) is 7.98. The van der Waals surface area contributed by atoms with Crippen LogP contribution in [-0.2, 0) is 11.3 Å². The fourth-order valence-electron chi connectivity index (χ4n) is 2.18. The highest BCUT2D eigenvalue weighted by molar-refractivity contribution is 5.90. The van der Waals surface area contributed by atoms with Crippen LogP contribution in [0.1, 0.15) is 31.7 Å². The molecule has 0 heterocycles. The highest BCUT2D eigenvalue weighted by Crippen LogP contribution is 2.16. The molecular formula is C19H24N2O2. The summed E-state index contributed by atoms with van der Waals surface area (Å²) >= 11 is 0. The van der Waals surface area contributed by atoms with Gasteiger partial charge in [-0.2, -0.15) is 0 Å². The van der Waals surface area contributed by atoms with Gasteiger partial charge in [0.1, 0.15) is 5.75 Å². The Hall–Kier alpha value is -2.49. The van der Waals surface area contributed by atoms with Crippen molar-refractivity contribution >= 4 is 17.3 Å². The van der Waals surface area contributed by atoms with Gasteiger partial charge in [0.25, 0.3) is 0 Å². The predicted molar refractivity (Wildman–Crippen MR) is 94.9 cm³/mol. The number of rotatable bonds is 8. The molecule has 4 nitrogen and oxygen atoms in total. The van der Waals surface area contributed by atoms with Crippen molar-refractivity contribution < 1.29 is 9.53 Å². The first kappa shape index (κ1) is 16.9. The number of hydrogen-bond acceptors (Lipinski definition) is 3. The third-order valence-corrected chi connectivity index (χ3v) is 3.58. The summed E-state index contributed by atoms with van der Waals surface area (Å²) in [7, 11) is 1.66. The van der Waals surface area contributed by atoms with Crippen LogP contribution in [0.5, 0.6) is 5.75 Å². The minimum Gasteiger partial charge on any atom is -0.497 e. The van der Waals surface area contributed by atoms with E-state index in [1.807, 2.05) is 48.5 Å². The number of carbonyl (C=O) groups excluding carboxylic acids is 1. The Labute approximate surface area is 137 Å². The molecule has 2 rings (SSSR count). The molecule has 0 saturated carbocycles. The molecule has 23 heavy (non-hydrogen) atoms. The van der Waals surface area contributed by atoms with Gasteiger partial charge in [-0.15, -0.1) is 0 Å². The summed E-state index contributed by atoms with van der Waals surface area (Å²) in [5, 5.41) is 6.27. The van der Waals surface area contributed by atoms with Gasteiger partial charge in [-0.1, -0.05) is 25.5 Å². The van der Waals surface area contributed by atoms with Crippen LogP contribution in [0.2, 0.25) is 0 Å². The fraction of sp³-hybridized carbons (Fsp3) is 0.316. The van der Waals surface area contributed by atoms with Gasteiger partial charge in [-0.05, 0) is 48.4 Å². The molecule has 0 spiro atoms. The van der Waals surface area contributed by atoms with Crippen LogP contribution in [0.15, 0.2) is 48.5 Å². The van der Waals surface area contributed by atoms with Crippen molar-refractivity contribution in [1.29, 1.82) is 0 Å². The molecule has 0 radical (unpaired) electrons. The molecule has 1 amide bonds. The Kier molecular flexibility index (Phi) is 6.48. The smallest absolute Gasteiger partial charge is 0.224 e. The van der Waals surface area contributed by atoms with E-state index in [1.165, 1.54) is 5.56 Å². The van der Waals surface area contributed by atoms with Gasteiger partial charge < -0.3 is 15.4 Å². The molecule has 2 N–H and O–H groups in total. The molecule has 4 heteroatoms. The minimum absolute atomic E-state index is 0.0748. The highest BCUT2D eigenvalue weighted by Gasteiger charge is 2.01. The minimum atomic E-state index is 0.0748. The predicted octanol–water partition coefficient (Wildman–Crippen LogP) is 4.44. The van der Waals surface area contributed by atoms with Crippen LogP contribution < -0.4 is 15.4 Å². The molecule has 122 valence electrons. The number of carbonyl (C=O) groups is 1. The number of anilines is 2. The summed E-state index contributed by atoms with van der Waals surface area (Å²) in [6.07, 6.45) is 2.53. The zero-order valence-electron chi connectivity index (χ0n) is 13.8. The van der Waals surface area contributed by atoms with E-state index < -0.39 is 0 Å². The molecule has 0 aliphatic heterocycles. The molecule has 0 bridgehead atoms. The van der Waals surface area contributed by atoms with Gasteiger partial charge in [0.05, 0.1) is 7.11 Å². The summed E-state index contributed by atoms with van der Waals surface area (Å²) in [5.74, 6) is 0.933. The second-order valence-corrected chi connectivity index (χ2v) is 5.43. The quantitative estimate of drug-likeness (QED) is 0.758. The number of amides is 1. The zero-order chi connectivity index (χ0) is 16.5. The lowest BCUT2D eigenvalue weighted by Gasteiger charge is -2.09. The van der Waals surface area contributed by atoms with Gasteiger partial charge in [-0.3, -0.25) is 4.79 Å². The molecule has 0 aromatic heterocycles. The van der Waals surface area contributed by atoms with E-state index in [1.54, 1.807) is 7.11 Å². The lowest BCUT2D eigenvalue weighted by atomic mass is 10.2. The summed E-state index contributed by atoms with van der Waals surface area (Å²) < 4.78 is 5.15. The monoisotopic (exact) mass is 312 g/mol. The molecule has 0 fully saturated rings. The first-order chi connectivity index (χ1) is 11.2. The number of nitrogens with one attached hydrogen (secondary N) is 2. The summed E-state index contributed by atoms with van der Waals surface area (Å²) in [4.78, 5) is 11.7. The molecule has 2 aromatic carbocycles. The second-order valence-electron chi connectivity index (χ2n) is 5.43. The lowest BCUT2D eigenvalue weighted by Crippen LogP contribution is -2.10. The lowest BCUT2D eigenvalue weighted by molar-refractivity contribution is -0.116. The molecule has 0 aliphatic rings. The molecule has 0 atom stereocenters. The van der Waals surface area contributed by atoms with E-state index in [4.69, 9.17) is 4.74 Å². The van der Waals surface area contributed by atoms with E-state index in [0.29, 0.717) is 6.42 Å². The van der Waals surface area contributed by atoms with Crippen molar-refractivity contribution in [2.45, 2.75) is 32.7 Å². The molecule has 0 unspecified atom stereocenters. The van der Waals surface area contributed by atoms with Crippen LogP contribution in [0.25, 0.3) is 0 Å². The fourth-order valence-corrected chi connectivity index (χ4v) is 2.18. The largest absolute Gasteiger partial charge is 0.497 e. The topological polar surface area (TPSA) is 50.4 Å².